The average Bonchev–Trinajstić information content (AvgIpc) is 2.79. The Balaban J connectivity index is 2.21. The Morgan fingerprint density at radius 1 is 0.778 bits per heavy atom. The van der Waals surface area contributed by atoms with Crippen LogP contribution in [0.5, 0.6) is 0 Å². The third-order valence-electron chi connectivity index (χ3n) is 3.51. The molecule has 0 nitrogen and oxygen atoms in total. The molecule has 0 amide bonds. The van der Waals surface area contributed by atoms with Crippen LogP contribution in [0.25, 0.3) is 5.57 Å². The van der Waals surface area contributed by atoms with Crippen LogP contribution >= 0.6 is 0 Å². The summed E-state index contributed by atoms with van der Waals surface area (Å²) in [6, 6.07) is 19.5. The van der Waals surface area contributed by atoms with Gasteiger partial charge in [0.15, 0.2) is 0 Å². The lowest BCUT2D eigenvalue weighted by atomic mass is 9.99. The van der Waals surface area contributed by atoms with Crippen LogP contribution in [-0.2, 0) is 0 Å². The number of benzene rings is 2. The van der Waals surface area contributed by atoms with E-state index in [1.807, 2.05) is 0 Å². The Morgan fingerprint density at radius 3 is 2.17 bits per heavy atom. The summed E-state index contributed by atoms with van der Waals surface area (Å²) in [5.41, 5.74) is 5.61. The zero-order valence-electron chi connectivity index (χ0n) is 10.9. The maximum absolute atomic E-state index is 2.40. The number of allylic oxidation sites excluding steroid dienone is 1. The van der Waals surface area contributed by atoms with Crippen LogP contribution < -0.4 is 0 Å². The van der Waals surface area contributed by atoms with Gasteiger partial charge in [0.05, 0.1) is 8.80 Å². The number of hydrogen-bond acceptors (Lipinski definition) is 0. The van der Waals surface area contributed by atoms with Gasteiger partial charge in [0.1, 0.15) is 0 Å². The van der Waals surface area contributed by atoms with Crippen LogP contribution in [0, 0.1) is 6.42 Å². The lowest BCUT2D eigenvalue weighted by molar-refractivity contribution is 1.52. The summed E-state index contributed by atoms with van der Waals surface area (Å²) in [6.45, 7) is 4.81. The molecule has 0 heterocycles. The maximum atomic E-state index is 2.40. The van der Waals surface area contributed by atoms with Gasteiger partial charge in [-0.25, -0.2) is 0 Å². The van der Waals surface area contributed by atoms with Gasteiger partial charge in [-0.1, -0.05) is 72.9 Å². The van der Waals surface area contributed by atoms with Crippen molar-refractivity contribution in [3.05, 3.63) is 82.9 Å². The van der Waals surface area contributed by atoms with Gasteiger partial charge in [-0.2, -0.15) is 0 Å². The molecule has 0 fully saturated rings. The molecule has 3 rings (SSSR count). The Bertz CT molecular complexity index is 594. The van der Waals surface area contributed by atoms with Crippen molar-refractivity contribution in [3.63, 3.8) is 0 Å². The van der Waals surface area contributed by atoms with Gasteiger partial charge >= 0.3 is 0 Å². The van der Waals surface area contributed by atoms with Crippen molar-refractivity contribution in [2.24, 2.45) is 0 Å². The molecule has 89 valence electrons. The minimum absolute atomic E-state index is 0.813. The van der Waals surface area contributed by atoms with Gasteiger partial charge in [0, 0.05) is 6.42 Å². The first-order valence-corrected chi connectivity index (χ1v) is 9.40. The maximum Gasteiger partial charge on any atom is 0.0612 e. The molecule has 0 atom stereocenters. The van der Waals surface area contributed by atoms with E-state index in [-0.39, 0.29) is 0 Å². The Kier molecular flexibility index (Phi) is 2.92. The van der Waals surface area contributed by atoms with Crippen LogP contribution in [0.15, 0.2) is 59.8 Å². The van der Waals surface area contributed by atoms with Gasteiger partial charge in [0.25, 0.3) is 0 Å². The molecule has 18 heavy (non-hydrogen) atoms. The van der Waals surface area contributed by atoms with Gasteiger partial charge in [-0.05, 0) is 22.3 Å². The van der Waals surface area contributed by atoms with E-state index in [4.69, 9.17) is 0 Å². The summed E-state index contributed by atoms with van der Waals surface area (Å²) < 4.78 is 0. The molecular formula is C17H17Si. The normalized spacial score (nSPS) is 14.2. The first kappa shape index (κ1) is 11.5. The molecule has 1 radical (unpaired) electrons. The summed E-state index contributed by atoms with van der Waals surface area (Å²) in [4.78, 5) is 0. The van der Waals surface area contributed by atoms with E-state index in [1.54, 1.807) is 5.20 Å². The third kappa shape index (κ3) is 1.85. The minimum atomic E-state index is -0.813. The second-order valence-electron chi connectivity index (χ2n) is 5.08. The molecule has 0 aliphatic heterocycles. The van der Waals surface area contributed by atoms with Gasteiger partial charge in [-0.15, -0.1) is 0 Å². The van der Waals surface area contributed by atoms with Gasteiger partial charge < -0.3 is 0 Å². The highest BCUT2D eigenvalue weighted by molar-refractivity contribution is 6.66. The Morgan fingerprint density at radius 2 is 1.44 bits per heavy atom. The standard InChI is InChI=1S/C17H17Si/c1-18(2)16-12-14-10-6-7-11-15(14)17(16)13-8-4-3-5-9-13/h3-12,18H,1-2H3. The fourth-order valence-electron chi connectivity index (χ4n) is 2.63. The Labute approximate surface area is 111 Å². The highest BCUT2D eigenvalue weighted by atomic mass is 28.3. The van der Waals surface area contributed by atoms with Crippen LogP contribution in [0.4, 0.5) is 0 Å². The molecule has 0 unspecified atom stereocenters. The average molecular weight is 249 g/mol. The van der Waals surface area contributed by atoms with Crippen LogP contribution in [-0.4, -0.2) is 8.80 Å². The molecule has 0 saturated carbocycles. The minimum Gasteiger partial charge on any atom is -0.0685 e. The zero-order valence-corrected chi connectivity index (χ0v) is 12.0. The van der Waals surface area contributed by atoms with Crippen LogP contribution in [0.3, 0.4) is 0 Å². The van der Waals surface area contributed by atoms with Gasteiger partial charge in [-0.3, -0.25) is 0 Å². The van der Waals surface area contributed by atoms with E-state index in [1.165, 1.54) is 22.3 Å². The van der Waals surface area contributed by atoms with Crippen molar-refractivity contribution in [3.8, 4) is 0 Å². The van der Waals surface area contributed by atoms with E-state index < -0.39 is 8.80 Å². The number of hydrogen-bond donors (Lipinski definition) is 0. The smallest absolute Gasteiger partial charge is 0.0612 e. The van der Waals surface area contributed by atoms with Crippen molar-refractivity contribution in [2.75, 3.05) is 0 Å². The Hall–Kier alpha value is -1.60. The molecule has 0 N–H and O–H groups in total. The van der Waals surface area contributed by atoms with Crippen LogP contribution in [0.1, 0.15) is 16.7 Å². The van der Waals surface area contributed by atoms with Crippen molar-refractivity contribution in [1.82, 2.24) is 0 Å². The van der Waals surface area contributed by atoms with Crippen molar-refractivity contribution < 1.29 is 0 Å². The zero-order chi connectivity index (χ0) is 12.5. The predicted octanol–water partition coefficient (Wildman–Crippen LogP) is 4.08. The van der Waals surface area contributed by atoms with E-state index in [0.717, 1.165) is 0 Å². The van der Waals surface area contributed by atoms with Crippen molar-refractivity contribution in [2.45, 2.75) is 13.1 Å². The van der Waals surface area contributed by atoms with E-state index in [0.29, 0.717) is 0 Å². The molecule has 2 aromatic carbocycles. The summed E-state index contributed by atoms with van der Waals surface area (Å²) in [6.07, 6.45) is 2.40. The lowest BCUT2D eigenvalue weighted by Gasteiger charge is -2.11. The molecule has 0 aromatic heterocycles. The first-order valence-electron chi connectivity index (χ1n) is 6.51. The van der Waals surface area contributed by atoms with Crippen molar-refractivity contribution in [1.29, 1.82) is 0 Å². The molecular weight excluding hydrogens is 232 g/mol. The molecule has 1 aliphatic carbocycles. The van der Waals surface area contributed by atoms with Crippen molar-refractivity contribution >= 4 is 14.4 Å². The third-order valence-corrected chi connectivity index (χ3v) is 5.21. The lowest BCUT2D eigenvalue weighted by Crippen LogP contribution is -2.06. The highest BCUT2D eigenvalue weighted by Crippen LogP contribution is 2.39. The second-order valence-corrected chi connectivity index (χ2v) is 8.01. The fraction of sp³-hybridized carbons (Fsp3) is 0.118. The fourth-order valence-corrected chi connectivity index (χ4v) is 4.04. The summed E-state index contributed by atoms with van der Waals surface area (Å²) in [5, 5.41) is 1.59. The van der Waals surface area contributed by atoms with Crippen LogP contribution in [0.2, 0.25) is 13.1 Å². The summed E-state index contributed by atoms with van der Waals surface area (Å²) in [7, 11) is -0.813. The monoisotopic (exact) mass is 249 g/mol. The molecule has 0 saturated heterocycles. The molecule has 1 heteroatoms. The number of fused-ring (bicyclic) bond motifs is 1. The predicted molar refractivity (Wildman–Crippen MR) is 81.2 cm³/mol. The molecule has 0 bridgehead atoms. The first-order chi connectivity index (χ1) is 8.77. The van der Waals surface area contributed by atoms with E-state index in [9.17, 15) is 0 Å². The topological polar surface area (TPSA) is 0 Å². The van der Waals surface area contributed by atoms with E-state index in [2.05, 4.69) is 74.1 Å². The molecule has 2 aromatic rings. The van der Waals surface area contributed by atoms with Gasteiger partial charge in [0.2, 0.25) is 0 Å². The summed E-state index contributed by atoms with van der Waals surface area (Å²) in [5.74, 6) is 0. The quantitative estimate of drug-likeness (QED) is 0.704. The highest BCUT2D eigenvalue weighted by Gasteiger charge is 2.24. The SMILES string of the molecule is C[SiH](C)C1=C(c2ccccc2)c2ccccc2[CH]1. The molecule has 1 aliphatic rings. The largest absolute Gasteiger partial charge is 0.0685 e. The number of rotatable bonds is 2. The second kappa shape index (κ2) is 4.58. The van der Waals surface area contributed by atoms with E-state index >= 15 is 0 Å². The summed E-state index contributed by atoms with van der Waals surface area (Å²) >= 11 is 0. The molecule has 0 spiro atoms.